The van der Waals surface area contributed by atoms with Crippen LogP contribution in [0.1, 0.15) is 35.4 Å². The molecule has 3 nitrogen and oxygen atoms in total. The molecule has 6 heteroatoms. The minimum Gasteiger partial charge on any atom is -0.361 e. The van der Waals surface area contributed by atoms with Gasteiger partial charge < -0.3 is 9.69 Å². The summed E-state index contributed by atoms with van der Waals surface area (Å²) in [6.07, 6.45) is -2.07. The van der Waals surface area contributed by atoms with Crippen LogP contribution in [0.15, 0.2) is 48.5 Å². The van der Waals surface area contributed by atoms with Crippen molar-refractivity contribution in [3.8, 4) is 6.07 Å². The zero-order valence-corrected chi connectivity index (χ0v) is 13.9. The second kappa shape index (κ2) is 7.20. The van der Waals surface area contributed by atoms with Gasteiger partial charge in [0.05, 0.1) is 23.2 Å². The number of carbonyl (C=O) groups excluding carboxylic acids is 1. The first kappa shape index (κ1) is 18.0. The van der Waals surface area contributed by atoms with Gasteiger partial charge in [0.15, 0.2) is 0 Å². The van der Waals surface area contributed by atoms with Crippen molar-refractivity contribution in [2.45, 2.75) is 31.0 Å². The molecule has 0 bridgehead atoms. The van der Waals surface area contributed by atoms with E-state index in [4.69, 9.17) is 5.26 Å². The highest BCUT2D eigenvalue weighted by Crippen LogP contribution is 2.35. The molecule has 0 saturated carbocycles. The Morgan fingerprint density at radius 2 is 1.69 bits per heavy atom. The van der Waals surface area contributed by atoms with E-state index in [-0.39, 0.29) is 12.0 Å². The lowest BCUT2D eigenvalue weighted by Crippen LogP contribution is -2.43. The molecule has 1 unspecified atom stereocenters. The molecule has 2 aromatic carbocycles. The summed E-state index contributed by atoms with van der Waals surface area (Å²) in [5.41, 5.74) is 1.54. The molecule has 0 spiro atoms. The highest BCUT2D eigenvalue weighted by molar-refractivity contribution is 5.67. The standard InChI is InChI=1S/C20H17F3N2O/c21-20(22,23)17-6-3-15(4-7-17)16-5-10-19(13-26)25(12-16)18-8-1-14(11-24)2-9-18/h1-4,6-9,13,16,19H,5,10,12H2/t16?,19-/m0/s1. The molecule has 0 N–H and O–H groups in total. The fourth-order valence-electron chi connectivity index (χ4n) is 3.37. The number of carbonyl (C=O) groups is 1. The summed E-state index contributed by atoms with van der Waals surface area (Å²) in [5, 5.41) is 8.91. The topological polar surface area (TPSA) is 44.1 Å². The first-order chi connectivity index (χ1) is 12.4. The van der Waals surface area contributed by atoms with Gasteiger partial charge in [-0.25, -0.2) is 0 Å². The number of hydrogen-bond donors (Lipinski definition) is 0. The van der Waals surface area contributed by atoms with Gasteiger partial charge in [0.25, 0.3) is 0 Å². The van der Waals surface area contributed by atoms with E-state index >= 15 is 0 Å². The average molecular weight is 358 g/mol. The van der Waals surface area contributed by atoms with Crippen LogP contribution in [-0.4, -0.2) is 18.9 Å². The van der Waals surface area contributed by atoms with Crippen LogP contribution >= 0.6 is 0 Å². The third kappa shape index (κ3) is 3.72. The number of alkyl halides is 3. The van der Waals surface area contributed by atoms with E-state index in [1.165, 1.54) is 12.1 Å². The molecule has 26 heavy (non-hydrogen) atoms. The third-order valence-electron chi connectivity index (χ3n) is 4.82. The summed E-state index contributed by atoms with van der Waals surface area (Å²) in [5.74, 6) is 0.0455. The maximum Gasteiger partial charge on any atom is 0.416 e. The second-order valence-electron chi connectivity index (χ2n) is 6.41. The molecule has 1 heterocycles. The zero-order chi connectivity index (χ0) is 18.7. The zero-order valence-electron chi connectivity index (χ0n) is 13.9. The number of anilines is 1. The Labute approximate surface area is 149 Å². The largest absolute Gasteiger partial charge is 0.416 e. The normalized spacial score (nSPS) is 20.5. The van der Waals surface area contributed by atoms with Crippen molar-refractivity contribution in [1.82, 2.24) is 0 Å². The SMILES string of the molecule is N#Cc1ccc(N2CC(c3ccc(C(F)(F)F)cc3)CC[C@H]2C=O)cc1. The van der Waals surface area contributed by atoms with Gasteiger partial charge in [-0.2, -0.15) is 18.4 Å². The molecule has 2 atom stereocenters. The lowest BCUT2D eigenvalue weighted by Gasteiger charge is -2.39. The molecule has 0 radical (unpaired) electrons. The lowest BCUT2D eigenvalue weighted by atomic mass is 9.87. The fraction of sp³-hybridized carbons (Fsp3) is 0.300. The van der Waals surface area contributed by atoms with E-state index in [2.05, 4.69) is 6.07 Å². The first-order valence-electron chi connectivity index (χ1n) is 8.31. The van der Waals surface area contributed by atoms with E-state index in [9.17, 15) is 18.0 Å². The Kier molecular flexibility index (Phi) is 4.99. The molecule has 1 aliphatic heterocycles. The van der Waals surface area contributed by atoms with Crippen molar-refractivity contribution in [1.29, 1.82) is 5.26 Å². The van der Waals surface area contributed by atoms with Crippen LogP contribution in [0, 0.1) is 11.3 Å². The number of hydrogen-bond acceptors (Lipinski definition) is 3. The first-order valence-corrected chi connectivity index (χ1v) is 8.31. The summed E-state index contributed by atoms with van der Waals surface area (Å²) in [7, 11) is 0. The molecule has 0 aliphatic carbocycles. The molecular weight excluding hydrogens is 341 g/mol. The number of nitrogens with zero attached hydrogens (tertiary/aromatic N) is 2. The van der Waals surface area contributed by atoms with Gasteiger partial charge in [0, 0.05) is 18.2 Å². The molecule has 1 saturated heterocycles. The van der Waals surface area contributed by atoms with E-state index in [0.717, 1.165) is 36.1 Å². The fourth-order valence-corrected chi connectivity index (χ4v) is 3.37. The van der Waals surface area contributed by atoms with Crippen LogP contribution in [0.2, 0.25) is 0 Å². The third-order valence-corrected chi connectivity index (χ3v) is 4.82. The number of aldehydes is 1. The van der Waals surface area contributed by atoms with Crippen LogP contribution in [0.3, 0.4) is 0 Å². The highest BCUT2D eigenvalue weighted by Gasteiger charge is 2.32. The molecule has 3 rings (SSSR count). The molecular formula is C20H17F3N2O. The van der Waals surface area contributed by atoms with Crippen LogP contribution < -0.4 is 4.90 Å². The van der Waals surface area contributed by atoms with Crippen molar-refractivity contribution in [3.05, 3.63) is 65.2 Å². The number of rotatable bonds is 3. The Hall–Kier alpha value is -2.81. The quantitative estimate of drug-likeness (QED) is 0.757. The Morgan fingerprint density at radius 1 is 1.04 bits per heavy atom. The summed E-state index contributed by atoms with van der Waals surface area (Å²) in [6, 6.07) is 14.0. The van der Waals surface area contributed by atoms with E-state index < -0.39 is 11.7 Å². The van der Waals surface area contributed by atoms with Gasteiger partial charge in [-0.15, -0.1) is 0 Å². The Bertz CT molecular complexity index is 807. The number of benzene rings is 2. The van der Waals surface area contributed by atoms with Gasteiger partial charge in [0.2, 0.25) is 0 Å². The van der Waals surface area contributed by atoms with E-state index in [1.54, 1.807) is 24.3 Å². The lowest BCUT2D eigenvalue weighted by molar-refractivity contribution is -0.137. The Morgan fingerprint density at radius 3 is 2.23 bits per heavy atom. The predicted octanol–water partition coefficient (Wildman–Crippen LogP) is 4.53. The van der Waals surface area contributed by atoms with Gasteiger partial charge in [-0.05, 0) is 54.8 Å². The molecule has 0 amide bonds. The summed E-state index contributed by atoms with van der Waals surface area (Å²) < 4.78 is 38.2. The van der Waals surface area contributed by atoms with Crippen molar-refractivity contribution in [2.24, 2.45) is 0 Å². The molecule has 2 aromatic rings. The second-order valence-corrected chi connectivity index (χ2v) is 6.41. The van der Waals surface area contributed by atoms with Crippen molar-refractivity contribution in [2.75, 3.05) is 11.4 Å². The monoisotopic (exact) mass is 358 g/mol. The number of nitriles is 1. The van der Waals surface area contributed by atoms with Crippen molar-refractivity contribution < 1.29 is 18.0 Å². The summed E-state index contributed by atoms with van der Waals surface area (Å²) in [4.78, 5) is 13.4. The van der Waals surface area contributed by atoms with E-state index in [1.807, 2.05) is 4.90 Å². The maximum absolute atomic E-state index is 12.7. The predicted molar refractivity (Wildman–Crippen MR) is 91.8 cm³/mol. The summed E-state index contributed by atoms with van der Waals surface area (Å²) in [6.45, 7) is 0.542. The number of halogens is 3. The smallest absolute Gasteiger partial charge is 0.361 e. The number of piperidine rings is 1. The average Bonchev–Trinajstić information content (AvgIpc) is 2.67. The van der Waals surface area contributed by atoms with Crippen molar-refractivity contribution >= 4 is 12.0 Å². The van der Waals surface area contributed by atoms with Gasteiger partial charge in [0.1, 0.15) is 6.29 Å². The molecule has 1 aliphatic rings. The van der Waals surface area contributed by atoms with Crippen LogP contribution in [0.4, 0.5) is 18.9 Å². The summed E-state index contributed by atoms with van der Waals surface area (Å²) >= 11 is 0. The molecule has 134 valence electrons. The van der Waals surface area contributed by atoms with Crippen LogP contribution in [0.25, 0.3) is 0 Å². The molecule has 1 fully saturated rings. The minimum absolute atomic E-state index is 0.0455. The van der Waals surface area contributed by atoms with Crippen LogP contribution in [-0.2, 0) is 11.0 Å². The highest BCUT2D eigenvalue weighted by atomic mass is 19.4. The van der Waals surface area contributed by atoms with Gasteiger partial charge in [-0.1, -0.05) is 12.1 Å². The van der Waals surface area contributed by atoms with Gasteiger partial charge in [-0.3, -0.25) is 0 Å². The molecule has 0 aromatic heterocycles. The van der Waals surface area contributed by atoms with Crippen molar-refractivity contribution in [3.63, 3.8) is 0 Å². The van der Waals surface area contributed by atoms with Gasteiger partial charge >= 0.3 is 6.18 Å². The van der Waals surface area contributed by atoms with Crippen LogP contribution in [0.5, 0.6) is 0 Å². The minimum atomic E-state index is -4.35. The van der Waals surface area contributed by atoms with E-state index in [0.29, 0.717) is 18.5 Å². The maximum atomic E-state index is 12.7. The Balaban J connectivity index is 1.82.